The molecule has 0 spiro atoms. The summed E-state index contributed by atoms with van der Waals surface area (Å²) in [6.07, 6.45) is 0. The van der Waals surface area contributed by atoms with Crippen molar-refractivity contribution in [2.75, 3.05) is 50.7 Å². The van der Waals surface area contributed by atoms with Crippen molar-refractivity contribution in [3.05, 3.63) is 58.6 Å². The number of hydrogen-bond donors (Lipinski definition) is 1. The predicted octanol–water partition coefficient (Wildman–Crippen LogP) is 4.71. The zero-order valence-corrected chi connectivity index (χ0v) is 18.5. The predicted molar refractivity (Wildman–Crippen MR) is 122 cm³/mol. The second-order valence-electron chi connectivity index (χ2n) is 6.93. The highest BCUT2D eigenvalue weighted by Gasteiger charge is 2.21. The summed E-state index contributed by atoms with van der Waals surface area (Å²) in [5.41, 5.74) is 2.08. The lowest BCUT2D eigenvalue weighted by Gasteiger charge is -2.30. The van der Waals surface area contributed by atoms with E-state index in [2.05, 4.69) is 26.1 Å². The van der Waals surface area contributed by atoms with Gasteiger partial charge in [-0.15, -0.1) is 0 Å². The summed E-state index contributed by atoms with van der Waals surface area (Å²) in [4.78, 5) is 15.5. The van der Waals surface area contributed by atoms with Gasteiger partial charge in [-0.2, -0.15) is 0 Å². The fraction of sp³-hybridized carbons (Fsp3) is 0.261. The first-order valence-electron chi connectivity index (χ1n) is 9.69. The molecule has 1 N–H and O–H groups in total. The number of rotatable bonds is 5. The quantitative estimate of drug-likeness (QED) is 0.584. The molecule has 1 aliphatic rings. The second-order valence-corrected chi connectivity index (χ2v) is 7.72. The SMILES string of the molecule is COc1ccc(N2CCOCC2)c(NC(=O)c2cc3ccccc3c(Br)c2OC)c1. The maximum atomic E-state index is 13.3. The molecule has 1 fully saturated rings. The van der Waals surface area contributed by atoms with E-state index in [1.807, 2.05) is 48.5 Å². The Balaban J connectivity index is 1.73. The third-order valence-electron chi connectivity index (χ3n) is 5.19. The van der Waals surface area contributed by atoms with Crippen LogP contribution in [-0.2, 0) is 4.74 Å². The number of nitrogens with one attached hydrogen (secondary N) is 1. The van der Waals surface area contributed by atoms with E-state index in [1.165, 1.54) is 0 Å². The van der Waals surface area contributed by atoms with Gasteiger partial charge in [-0.25, -0.2) is 0 Å². The first-order valence-corrected chi connectivity index (χ1v) is 10.5. The second kappa shape index (κ2) is 8.93. The van der Waals surface area contributed by atoms with Gasteiger partial charge in [0.2, 0.25) is 0 Å². The Labute approximate surface area is 183 Å². The number of anilines is 2. The fourth-order valence-electron chi connectivity index (χ4n) is 3.66. The molecule has 0 atom stereocenters. The molecule has 0 saturated carbocycles. The molecule has 0 radical (unpaired) electrons. The van der Waals surface area contributed by atoms with Crippen LogP contribution >= 0.6 is 15.9 Å². The van der Waals surface area contributed by atoms with E-state index in [-0.39, 0.29) is 5.91 Å². The summed E-state index contributed by atoms with van der Waals surface area (Å²) in [5, 5.41) is 5.00. The zero-order chi connectivity index (χ0) is 21.1. The number of methoxy groups -OCH3 is 2. The Morgan fingerprint density at radius 1 is 1.07 bits per heavy atom. The van der Waals surface area contributed by atoms with Gasteiger partial charge < -0.3 is 24.4 Å². The molecule has 1 saturated heterocycles. The first kappa shape index (κ1) is 20.5. The number of halogens is 1. The molecule has 4 rings (SSSR count). The van der Waals surface area contributed by atoms with Crippen LogP contribution in [0, 0.1) is 0 Å². The maximum Gasteiger partial charge on any atom is 0.259 e. The van der Waals surface area contributed by atoms with Gasteiger partial charge in [0.15, 0.2) is 0 Å². The van der Waals surface area contributed by atoms with Gasteiger partial charge in [0.1, 0.15) is 11.5 Å². The number of benzene rings is 3. The van der Waals surface area contributed by atoms with E-state index in [4.69, 9.17) is 14.2 Å². The van der Waals surface area contributed by atoms with Crippen molar-refractivity contribution in [3.8, 4) is 11.5 Å². The van der Waals surface area contributed by atoms with Crippen LogP contribution in [0.15, 0.2) is 53.0 Å². The molecule has 3 aromatic rings. The standard InChI is InChI=1S/C23H23BrN2O4/c1-28-16-7-8-20(26-9-11-30-12-10-26)19(14-16)25-23(27)18-13-15-5-3-4-6-17(15)21(24)22(18)29-2/h3-8,13-14H,9-12H2,1-2H3,(H,25,27). The van der Waals surface area contributed by atoms with Crippen LogP contribution in [0.25, 0.3) is 10.8 Å². The maximum absolute atomic E-state index is 13.3. The lowest BCUT2D eigenvalue weighted by atomic mass is 10.0. The van der Waals surface area contributed by atoms with Gasteiger partial charge in [0.05, 0.1) is 48.8 Å². The number of ether oxygens (including phenoxy) is 3. The molecule has 1 aliphatic heterocycles. The number of carbonyl (C=O) groups excluding carboxylic acids is 1. The van der Waals surface area contributed by atoms with Gasteiger partial charge in [0.25, 0.3) is 5.91 Å². The van der Waals surface area contributed by atoms with Crippen LogP contribution < -0.4 is 19.7 Å². The van der Waals surface area contributed by atoms with Crippen molar-refractivity contribution < 1.29 is 19.0 Å². The Hall–Kier alpha value is -2.77. The number of morpholine rings is 1. The third-order valence-corrected chi connectivity index (χ3v) is 5.98. The molecule has 1 heterocycles. The summed E-state index contributed by atoms with van der Waals surface area (Å²) in [5.74, 6) is 0.928. The van der Waals surface area contributed by atoms with Crippen molar-refractivity contribution in [2.45, 2.75) is 0 Å². The average Bonchev–Trinajstić information content (AvgIpc) is 2.79. The molecule has 156 valence electrons. The molecule has 1 amide bonds. The van der Waals surface area contributed by atoms with Crippen LogP contribution in [0.4, 0.5) is 11.4 Å². The van der Waals surface area contributed by atoms with E-state index in [1.54, 1.807) is 14.2 Å². The Bertz CT molecular complexity index is 1080. The molecule has 0 unspecified atom stereocenters. The first-order chi connectivity index (χ1) is 14.6. The molecule has 30 heavy (non-hydrogen) atoms. The number of nitrogens with zero attached hydrogens (tertiary/aromatic N) is 1. The molecule has 0 aliphatic carbocycles. The Morgan fingerprint density at radius 3 is 2.57 bits per heavy atom. The number of amides is 1. The van der Waals surface area contributed by atoms with Gasteiger partial charge in [0, 0.05) is 19.2 Å². The van der Waals surface area contributed by atoms with Gasteiger partial charge in [-0.1, -0.05) is 24.3 Å². The van der Waals surface area contributed by atoms with Crippen molar-refractivity contribution in [2.24, 2.45) is 0 Å². The number of carbonyl (C=O) groups is 1. The lowest BCUT2D eigenvalue weighted by Crippen LogP contribution is -2.36. The van der Waals surface area contributed by atoms with Crippen LogP contribution in [-0.4, -0.2) is 46.4 Å². The van der Waals surface area contributed by atoms with Gasteiger partial charge >= 0.3 is 0 Å². The summed E-state index contributed by atoms with van der Waals surface area (Å²) < 4.78 is 17.2. The summed E-state index contributed by atoms with van der Waals surface area (Å²) >= 11 is 3.60. The highest BCUT2D eigenvalue weighted by atomic mass is 79.9. The van der Waals surface area contributed by atoms with Crippen molar-refractivity contribution in [1.29, 1.82) is 0 Å². The molecule has 7 heteroatoms. The van der Waals surface area contributed by atoms with E-state index < -0.39 is 0 Å². The minimum Gasteiger partial charge on any atom is -0.497 e. The van der Waals surface area contributed by atoms with E-state index in [0.717, 1.165) is 34.0 Å². The summed E-state index contributed by atoms with van der Waals surface area (Å²) in [7, 11) is 3.18. The molecule has 0 aromatic heterocycles. The lowest BCUT2D eigenvalue weighted by molar-refractivity contribution is 0.102. The van der Waals surface area contributed by atoms with Crippen molar-refractivity contribution >= 4 is 44.0 Å². The molecule has 6 nitrogen and oxygen atoms in total. The summed E-state index contributed by atoms with van der Waals surface area (Å²) in [6.45, 7) is 2.84. The Kier molecular flexibility index (Phi) is 6.11. The van der Waals surface area contributed by atoms with E-state index >= 15 is 0 Å². The fourth-order valence-corrected chi connectivity index (χ4v) is 4.40. The zero-order valence-electron chi connectivity index (χ0n) is 16.9. The van der Waals surface area contributed by atoms with Crippen molar-refractivity contribution in [1.82, 2.24) is 0 Å². The molecule has 0 bridgehead atoms. The van der Waals surface area contributed by atoms with E-state index in [0.29, 0.717) is 36.0 Å². The minimum absolute atomic E-state index is 0.249. The van der Waals surface area contributed by atoms with Crippen LogP contribution in [0.1, 0.15) is 10.4 Å². The van der Waals surface area contributed by atoms with E-state index in [9.17, 15) is 4.79 Å². The Morgan fingerprint density at radius 2 is 1.83 bits per heavy atom. The molecular formula is C23H23BrN2O4. The monoisotopic (exact) mass is 470 g/mol. The van der Waals surface area contributed by atoms with Crippen LogP contribution in [0.3, 0.4) is 0 Å². The van der Waals surface area contributed by atoms with Gasteiger partial charge in [-0.3, -0.25) is 4.79 Å². The number of fused-ring (bicyclic) bond motifs is 1. The van der Waals surface area contributed by atoms with Crippen LogP contribution in [0.2, 0.25) is 0 Å². The summed E-state index contributed by atoms with van der Waals surface area (Å²) in [6, 6.07) is 15.4. The highest BCUT2D eigenvalue weighted by molar-refractivity contribution is 9.10. The third kappa shape index (κ3) is 3.95. The van der Waals surface area contributed by atoms with Crippen LogP contribution in [0.5, 0.6) is 11.5 Å². The smallest absolute Gasteiger partial charge is 0.259 e. The average molecular weight is 471 g/mol. The van der Waals surface area contributed by atoms with Gasteiger partial charge in [-0.05, 0) is 44.9 Å². The largest absolute Gasteiger partial charge is 0.497 e. The molecular weight excluding hydrogens is 448 g/mol. The minimum atomic E-state index is -0.249. The highest BCUT2D eigenvalue weighted by Crippen LogP contribution is 2.38. The van der Waals surface area contributed by atoms with Crippen molar-refractivity contribution in [3.63, 3.8) is 0 Å². The molecule has 3 aromatic carbocycles. The normalized spacial score (nSPS) is 13.9. The topological polar surface area (TPSA) is 60.0 Å². The number of hydrogen-bond acceptors (Lipinski definition) is 5.